The van der Waals surface area contributed by atoms with Crippen LogP contribution in [0.4, 0.5) is 0 Å². The van der Waals surface area contributed by atoms with Crippen LogP contribution in [0.25, 0.3) is 5.57 Å². The lowest BCUT2D eigenvalue weighted by Gasteiger charge is -2.30. The van der Waals surface area contributed by atoms with Crippen molar-refractivity contribution in [1.29, 1.82) is 0 Å². The molecule has 0 spiro atoms. The van der Waals surface area contributed by atoms with Crippen LogP contribution in [0.3, 0.4) is 0 Å². The van der Waals surface area contributed by atoms with E-state index in [0.29, 0.717) is 12.5 Å². The van der Waals surface area contributed by atoms with E-state index in [0.717, 1.165) is 32.4 Å². The molecule has 3 heteroatoms. The van der Waals surface area contributed by atoms with Gasteiger partial charge < -0.3 is 10.0 Å². The Kier molecular flexibility index (Phi) is 6.69. The lowest BCUT2D eigenvalue weighted by Crippen LogP contribution is -2.39. The van der Waals surface area contributed by atoms with E-state index in [4.69, 9.17) is 0 Å². The third-order valence-electron chi connectivity index (χ3n) is 5.82. The molecule has 0 amide bonds. The summed E-state index contributed by atoms with van der Waals surface area (Å²) in [5.74, 6) is -0.110. The first-order valence-electron chi connectivity index (χ1n) is 9.94. The number of carboxylic acid groups (broad SMARTS) is 1. The summed E-state index contributed by atoms with van der Waals surface area (Å²) in [6, 6.07) is 10.8. The summed E-state index contributed by atoms with van der Waals surface area (Å²) in [4.78, 5) is 13.6. The molecule has 1 N–H and O–H groups in total. The van der Waals surface area contributed by atoms with Gasteiger partial charge in [0.2, 0.25) is 0 Å². The predicted octanol–water partition coefficient (Wildman–Crippen LogP) is 4.84. The second kappa shape index (κ2) is 9.19. The van der Waals surface area contributed by atoms with Gasteiger partial charge in [0.05, 0.1) is 5.92 Å². The van der Waals surface area contributed by atoms with Crippen LogP contribution in [-0.2, 0) is 4.79 Å². The smallest absolute Gasteiger partial charge is 0.307 e. The predicted molar refractivity (Wildman–Crippen MR) is 102 cm³/mol. The molecule has 25 heavy (non-hydrogen) atoms. The molecule has 3 nitrogen and oxygen atoms in total. The van der Waals surface area contributed by atoms with Gasteiger partial charge in [-0.05, 0) is 55.7 Å². The van der Waals surface area contributed by atoms with Crippen LogP contribution in [-0.4, -0.2) is 35.6 Å². The van der Waals surface area contributed by atoms with Gasteiger partial charge in [-0.2, -0.15) is 0 Å². The first kappa shape index (κ1) is 18.2. The highest BCUT2D eigenvalue weighted by Crippen LogP contribution is 2.35. The summed E-state index contributed by atoms with van der Waals surface area (Å²) in [5, 5.41) is 9.25. The topological polar surface area (TPSA) is 40.5 Å². The van der Waals surface area contributed by atoms with Crippen LogP contribution in [0.15, 0.2) is 36.4 Å². The van der Waals surface area contributed by atoms with E-state index in [1.54, 1.807) is 0 Å². The van der Waals surface area contributed by atoms with E-state index in [1.165, 1.54) is 43.2 Å². The zero-order valence-corrected chi connectivity index (χ0v) is 15.2. The molecule has 2 fully saturated rings. The van der Waals surface area contributed by atoms with Gasteiger partial charge in [-0.15, -0.1) is 0 Å². The fourth-order valence-electron chi connectivity index (χ4n) is 4.43. The number of carboxylic acids is 1. The third-order valence-corrected chi connectivity index (χ3v) is 5.82. The Morgan fingerprint density at radius 1 is 1.04 bits per heavy atom. The second-order valence-electron chi connectivity index (χ2n) is 7.63. The standard InChI is InChI=1S/C22H31NO2/c24-22(25)20-13-7-15-23(17-20)16-8-14-21(18-9-3-1-4-10-18)19-11-5-2-6-12-19/h1,3-4,9-10,14,19-20H,2,5-8,11-13,15-17H2,(H,24,25)/b21-14-. The van der Waals surface area contributed by atoms with Crippen LogP contribution in [0, 0.1) is 11.8 Å². The zero-order chi connectivity index (χ0) is 17.5. The van der Waals surface area contributed by atoms with Crippen LogP contribution in [0.1, 0.15) is 56.9 Å². The monoisotopic (exact) mass is 341 g/mol. The number of rotatable bonds is 6. The van der Waals surface area contributed by atoms with Crippen LogP contribution < -0.4 is 0 Å². The number of hydrogen-bond acceptors (Lipinski definition) is 2. The Balaban J connectivity index is 1.63. The number of piperidine rings is 1. The molecule has 1 aromatic carbocycles. The maximum Gasteiger partial charge on any atom is 0.307 e. The van der Waals surface area contributed by atoms with Crippen molar-refractivity contribution in [3.63, 3.8) is 0 Å². The van der Waals surface area contributed by atoms with Crippen molar-refractivity contribution in [2.24, 2.45) is 11.8 Å². The van der Waals surface area contributed by atoms with E-state index in [2.05, 4.69) is 41.3 Å². The molecular formula is C22H31NO2. The van der Waals surface area contributed by atoms with Gasteiger partial charge in [0.1, 0.15) is 0 Å². The molecule has 1 atom stereocenters. The summed E-state index contributed by atoms with van der Waals surface area (Å²) >= 11 is 0. The van der Waals surface area contributed by atoms with E-state index in [-0.39, 0.29) is 5.92 Å². The quantitative estimate of drug-likeness (QED) is 0.805. The van der Waals surface area contributed by atoms with Crippen molar-refractivity contribution in [2.75, 3.05) is 19.6 Å². The summed E-state index contributed by atoms with van der Waals surface area (Å²) in [6.07, 6.45) is 12.0. The molecule has 1 aromatic rings. The van der Waals surface area contributed by atoms with Gasteiger partial charge in [-0.3, -0.25) is 4.79 Å². The van der Waals surface area contributed by atoms with Gasteiger partial charge in [-0.25, -0.2) is 0 Å². The maximum atomic E-state index is 11.2. The Morgan fingerprint density at radius 3 is 2.48 bits per heavy atom. The van der Waals surface area contributed by atoms with Gasteiger partial charge in [-0.1, -0.05) is 55.7 Å². The van der Waals surface area contributed by atoms with Crippen LogP contribution in [0.5, 0.6) is 0 Å². The SMILES string of the molecule is O=C(O)C1CCCN(CC/C=C(/c2ccccc2)C2CCCCC2)C1. The molecule has 1 aliphatic heterocycles. The first-order chi connectivity index (χ1) is 12.2. The van der Waals surface area contributed by atoms with Crippen molar-refractivity contribution in [2.45, 2.75) is 51.4 Å². The van der Waals surface area contributed by atoms with Crippen molar-refractivity contribution in [3.8, 4) is 0 Å². The Bertz CT molecular complexity index is 575. The molecule has 1 heterocycles. The molecule has 1 saturated carbocycles. The van der Waals surface area contributed by atoms with Crippen molar-refractivity contribution < 1.29 is 9.90 Å². The van der Waals surface area contributed by atoms with Crippen LogP contribution in [0.2, 0.25) is 0 Å². The zero-order valence-electron chi connectivity index (χ0n) is 15.2. The minimum Gasteiger partial charge on any atom is -0.481 e. The normalized spacial score (nSPS) is 23.5. The van der Waals surface area contributed by atoms with Crippen molar-refractivity contribution in [1.82, 2.24) is 4.90 Å². The second-order valence-corrected chi connectivity index (χ2v) is 7.63. The molecule has 1 saturated heterocycles. The summed E-state index contributed by atoms with van der Waals surface area (Å²) in [5.41, 5.74) is 2.89. The maximum absolute atomic E-state index is 11.2. The number of aliphatic carboxylic acids is 1. The van der Waals surface area contributed by atoms with Crippen molar-refractivity contribution in [3.05, 3.63) is 42.0 Å². The molecule has 0 aromatic heterocycles. The van der Waals surface area contributed by atoms with Gasteiger partial charge in [0.25, 0.3) is 0 Å². The number of hydrogen-bond donors (Lipinski definition) is 1. The largest absolute Gasteiger partial charge is 0.481 e. The minimum atomic E-state index is -0.632. The number of benzene rings is 1. The number of likely N-dealkylation sites (tertiary alicyclic amines) is 1. The van der Waals surface area contributed by atoms with E-state index >= 15 is 0 Å². The van der Waals surface area contributed by atoms with E-state index < -0.39 is 5.97 Å². The highest BCUT2D eigenvalue weighted by Gasteiger charge is 2.25. The lowest BCUT2D eigenvalue weighted by atomic mass is 9.80. The third kappa shape index (κ3) is 5.18. The Labute approximate surface area is 151 Å². The molecule has 0 radical (unpaired) electrons. The molecule has 136 valence electrons. The Hall–Kier alpha value is -1.61. The molecule has 2 aliphatic rings. The number of carbonyl (C=O) groups is 1. The van der Waals surface area contributed by atoms with Gasteiger partial charge >= 0.3 is 5.97 Å². The van der Waals surface area contributed by atoms with Gasteiger partial charge in [0.15, 0.2) is 0 Å². The highest BCUT2D eigenvalue weighted by atomic mass is 16.4. The van der Waals surface area contributed by atoms with E-state index in [9.17, 15) is 9.90 Å². The molecule has 1 unspecified atom stereocenters. The van der Waals surface area contributed by atoms with Crippen LogP contribution >= 0.6 is 0 Å². The summed E-state index contributed by atoms with van der Waals surface area (Å²) in [7, 11) is 0. The molecule has 1 aliphatic carbocycles. The average Bonchev–Trinajstić information content (AvgIpc) is 2.67. The minimum absolute atomic E-state index is 0.176. The number of nitrogens with zero attached hydrogens (tertiary/aromatic N) is 1. The first-order valence-corrected chi connectivity index (χ1v) is 9.94. The molecule has 3 rings (SSSR count). The average molecular weight is 341 g/mol. The fourth-order valence-corrected chi connectivity index (χ4v) is 4.43. The fraction of sp³-hybridized carbons (Fsp3) is 0.591. The highest BCUT2D eigenvalue weighted by molar-refractivity contribution is 5.70. The molecule has 0 bridgehead atoms. The number of allylic oxidation sites excluding steroid dienone is 1. The Morgan fingerprint density at radius 2 is 1.76 bits per heavy atom. The van der Waals surface area contributed by atoms with E-state index in [1.807, 2.05) is 0 Å². The molecular weight excluding hydrogens is 310 g/mol. The summed E-state index contributed by atoms with van der Waals surface area (Å²) < 4.78 is 0. The summed E-state index contributed by atoms with van der Waals surface area (Å²) in [6.45, 7) is 2.74. The van der Waals surface area contributed by atoms with Gasteiger partial charge in [0, 0.05) is 13.1 Å². The lowest BCUT2D eigenvalue weighted by molar-refractivity contribution is -0.143. The van der Waals surface area contributed by atoms with Crippen molar-refractivity contribution >= 4 is 11.5 Å².